The van der Waals surface area contributed by atoms with E-state index in [9.17, 15) is 0 Å². The smallest absolute Gasteiger partial charge is 0.0827 e. The zero-order valence-electron chi connectivity index (χ0n) is 6.79. The van der Waals surface area contributed by atoms with Crippen LogP contribution in [0.4, 0.5) is 0 Å². The number of alkyl halides is 1. The molecule has 0 N–H and O–H groups in total. The second-order valence-corrected chi connectivity index (χ2v) is 2.74. The van der Waals surface area contributed by atoms with Gasteiger partial charge in [0.2, 0.25) is 0 Å². The van der Waals surface area contributed by atoms with Gasteiger partial charge in [0.15, 0.2) is 0 Å². The van der Waals surface area contributed by atoms with Gasteiger partial charge in [0.05, 0.1) is 5.50 Å². The molecule has 66 valence electrons. The summed E-state index contributed by atoms with van der Waals surface area (Å²) in [6, 6.07) is 0. The Balaban J connectivity index is 0. The molecule has 0 aliphatic carbocycles. The average molecular weight is 196 g/mol. The van der Waals surface area contributed by atoms with E-state index < -0.39 is 0 Å². The minimum Gasteiger partial charge on any atom is -0.280 e. The molecule has 3 heteroatoms. The molecule has 1 nitrogen and oxygen atoms in total. The summed E-state index contributed by atoms with van der Waals surface area (Å²) in [5.41, 5.74) is 0.0519. The molecule has 0 rings (SSSR count). The highest BCUT2D eigenvalue weighted by atomic mass is 35.5. The molecule has 0 spiro atoms. The molecule has 0 aromatic rings. The summed E-state index contributed by atoms with van der Waals surface area (Å²) in [4.78, 5) is 2.06. The summed E-state index contributed by atoms with van der Waals surface area (Å²) in [6.45, 7) is 10.8. The maximum absolute atomic E-state index is 5.83. The van der Waals surface area contributed by atoms with Gasteiger partial charge in [-0.15, -0.1) is 37.2 Å². The molecule has 0 heterocycles. The van der Waals surface area contributed by atoms with Gasteiger partial charge in [-0.3, -0.25) is 4.90 Å². The van der Waals surface area contributed by atoms with E-state index in [-0.39, 0.29) is 17.9 Å². The van der Waals surface area contributed by atoms with Crippen LogP contribution in [-0.4, -0.2) is 23.5 Å². The lowest BCUT2D eigenvalue weighted by molar-refractivity contribution is 0.323. The minimum atomic E-state index is 0. The van der Waals surface area contributed by atoms with Gasteiger partial charge in [0.1, 0.15) is 0 Å². The van der Waals surface area contributed by atoms with Gasteiger partial charge in [-0.1, -0.05) is 12.2 Å². The largest absolute Gasteiger partial charge is 0.280 e. The monoisotopic (exact) mass is 195 g/mol. The SMILES string of the molecule is C=CCN(CC=C)C(C)Cl.Cl. The van der Waals surface area contributed by atoms with Crippen molar-refractivity contribution in [2.75, 3.05) is 13.1 Å². The van der Waals surface area contributed by atoms with E-state index in [0.717, 1.165) is 13.1 Å². The van der Waals surface area contributed by atoms with Crippen molar-refractivity contribution < 1.29 is 0 Å². The molecule has 0 amide bonds. The first-order chi connectivity index (χ1) is 4.72. The van der Waals surface area contributed by atoms with Gasteiger partial charge in [-0.05, 0) is 6.92 Å². The second-order valence-electron chi connectivity index (χ2n) is 2.11. The lowest BCUT2D eigenvalue weighted by Gasteiger charge is -2.20. The molecule has 11 heavy (non-hydrogen) atoms. The Kier molecular flexibility index (Phi) is 10.0. The van der Waals surface area contributed by atoms with Crippen LogP contribution in [0.3, 0.4) is 0 Å². The van der Waals surface area contributed by atoms with E-state index in [1.807, 2.05) is 19.1 Å². The van der Waals surface area contributed by atoms with E-state index in [4.69, 9.17) is 11.6 Å². The second kappa shape index (κ2) is 8.12. The third-order valence-corrected chi connectivity index (χ3v) is 1.51. The number of rotatable bonds is 5. The predicted molar refractivity (Wildman–Crippen MR) is 54.5 cm³/mol. The Morgan fingerprint density at radius 2 is 1.73 bits per heavy atom. The van der Waals surface area contributed by atoms with Crippen molar-refractivity contribution >= 4 is 24.0 Å². The van der Waals surface area contributed by atoms with Crippen LogP contribution in [0.2, 0.25) is 0 Å². The van der Waals surface area contributed by atoms with Crippen LogP contribution in [0.1, 0.15) is 6.92 Å². The number of hydrogen-bond acceptors (Lipinski definition) is 1. The van der Waals surface area contributed by atoms with E-state index in [1.54, 1.807) is 0 Å². The van der Waals surface area contributed by atoms with Crippen molar-refractivity contribution in [3.8, 4) is 0 Å². The molecule has 0 radical (unpaired) electrons. The van der Waals surface area contributed by atoms with Gasteiger partial charge in [-0.25, -0.2) is 0 Å². The summed E-state index contributed by atoms with van der Waals surface area (Å²) in [5.74, 6) is 0. The normalized spacial score (nSPS) is 11.9. The standard InChI is InChI=1S/C8H14ClN.ClH/c1-4-6-10(7-5-2)8(3)9;/h4-5,8H,1-2,6-7H2,3H3;1H. The Labute approximate surface area is 80.1 Å². The maximum Gasteiger partial charge on any atom is 0.0827 e. The molecule has 1 atom stereocenters. The number of halogens is 2. The lowest BCUT2D eigenvalue weighted by Crippen LogP contribution is -2.29. The third kappa shape index (κ3) is 6.42. The number of hydrogen-bond donors (Lipinski definition) is 0. The Hall–Kier alpha value is 0.0200. The highest BCUT2D eigenvalue weighted by Gasteiger charge is 2.05. The molecular formula is C8H15Cl2N. The average Bonchev–Trinajstić information content (AvgIpc) is 1.87. The van der Waals surface area contributed by atoms with Gasteiger partial charge < -0.3 is 0 Å². The molecule has 0 saturated carbocycles. The fraction of sp³-hybridized carbons (Fsp3) is 0.500. The Bertz CT molecular complexity index is 103. The van der Waals surface area contributed by atoms with E-state index in [2.05, 4.69) is 18.1 Å². The zero-order chi connectivity index (χ0) is 7.98. The molecular weight excluding hydrogens is 181 g/mol. The van der Waals surface area contributed by atoms with Gasteiger partial charge in [0, 0.05) is 13.1 Å². The van der Waals surface area contributed by atoms with Crippen LogP contribution in [-0.2, 0) is 0 Å². The van der Waals surface area contributed by atoms with Gasteiger partial charge in [0.25, 0.3) is 0 Å². The van der Waals surface area contributed by atoms with Gasteiger partial charge >= 0.3 is 0 Å². The summed E-state index contributed by atoms with van der Waals surface area (Å²) in [6.07, 6.45) is 3.67. The molecule has 0 fully saturated rings. The van der Waals surface area contributed by atoms with Crippen molar-refractivity contribution in [3.63, 3.8) is 0 Å². The summed E-state index contributed by atoms with van der Waals surface area (Å²) < 4.78 is 0. The summed E-state index contributed by atoms with van der Waals surface area (Å²) >= 11 is 5.83. The van der Waals surface area contributed by atoms with Crippen molar-refractivity contribution in [1.82, 2.24) is 4.90 Å². The topological polar surface area (TPSA) is 3.24 Å². The Morgan fingerprint density at radius 3 is 1.91 bits per heavy atom. The van der Waals surface area contributed by atoms with Crippen molar-refractivity contribution in [2.45, 2.75) is 12.4 Å². The highest BCUT2D eigenvalue weighted by Crippen LogP contribution is 2.02. The van der Waals surface area contributed by atoms with E-state index in [1.165, 1.54) is 0 Å². The first-order valence-electron chi connectivity index (χ1n) is 3.32. The first kappa shape index (κ1) is 13.6. The highest BCUT2D eigenvalue weighted by molar-refractivity contribution is 6.20. The number of nitrogens with zero attached hydrogens (tertiary/aromatic N) is 1. The molecule has 0 aliphatic rings. The van der Waals surface area contributed by atoms with Crippen LogP contribution in [0.25, 0.3) is 0 Å². The van der Waals surface area contributed by atoms with Gasteiger partial charge in [-0.2, -0.15) is 0 Å². The molecule has 0 aliphatic heterocycles. The zero-order valence-corrected chi connectivity index (χ0v) is 8.37. The molecule has 0 saturated heterocycles. The fourth-order valence-electron chi connectivity index (χ4n) is 0.697. The summed E-state index contributed by atoms with van der Waals surface area (Å²) in [7, 11) is 0. The maximum atomic E-state index is 5.83. The lowest BCUT2D eigenvalue weighted by atomic mass is 10.4. The van der Waals surface area contributed by atoms with Crippen LogP contribution < -0.4 is 0 Å². The first-order valence-corrected chi connectivity index (χ1v) is 3.76. The molecule has 0 aromatic carbocycles. The van der Waals surface area contributed by atoms with Crippen molar-refractivity contribution in [3.05, 3.63) is 25.3 Å². The quantitative estimate of drug-likeness (QED) is 0.371. The van der Waals surface area contributed by atoms with Crippen LogP contribution >= 0.6 is 24.0 Å². The summed E-state index contributed by atoms with van der Waals surface area (Å²) in [5, 5.41) is 0. The third-order valence-electron chi connectivity index (χ3n) is 1.23. The molecule has 0 aromatic heterocycles. The van der Waals surface area contributed by atoms with Crippen LogP contribution in [0.15, 0.2) is 25.3 Å². The van der Waals surface area contributed by atoms with Crippen molar-refractivity contribution in [1.29, 1.82) is 0 Å². The predicted octanol–water partition coefficient (Wildman–Crippen LogP) is 2.67. The van der Waals surface area contributed by atoms with Crippen molar-refractivity contribution in [2.24, 2.45) is 0 Å². The minimum absolute atomic E-state index is 0. The fourth-order valence-corrected chi connectivity index (χ4v) is 0.856. The van der Waals surface area contributed by atoms with Crippen LogP contribution in [0, 0.1) is 0 Å². The molecule has 1 unspecified atom stereocenters. The van der Waals surface area contributed by atoms with Crippen LogP contribution in [0.5, 0.6) is 0 Å². The van der Waals surface area contributed by atoms with E-state index >= 15 is 0 Å². The molecule has 0 bridgehead atoms. The van der Waals surface area contributed by atoms with E-state index in [0.29, 0.717) is 0 Å². The Morgan fingerprint density at radius 1 is 1.36 bits per heavy atom.